The monoisotopic (exact) mass is 836 g/mol. The predicted molar refractivity (Wildman–Crippen MR) is 284 cm³/mol. The molecule has 0 saturated heterocycles. The molecule has 14 aromatic rings. The van der Waals surface area contributed by atoms with Crippen LogP contribution in [-0.2, 0) is 0 Å². The van der Waals surface area contributed by atoms with Gasteiger partial charge in [-0.15, -0.1) is 0 Å². The molecule has 0 N–H and O–H groups in total. The van der Waals surface area contributed by atoms with Gasteiger partial charge in [-0.2, -0.15) is 0 Å². The molecule has 0 aliphatic rings. The highest BCUT2D eigenvalue weighted by atomic mass is 15.1. The van der Waals surface area contributed by atoms with Crippen LogP contribution in [0.4, 0.5) is 34.1 Å². The smallest absolute Gasteiger partial charge is 0.0474 e. The molecular formula is C64H40N2. The average Bonchev–Trinajstić information content (AvgIpc) is 3.38. The number of anilines is 6. The molecule has 2 nitrogen and oxygen atoms in total. The average molecular weight is 837 g/mol. The van der Waals surface area contributed by atoms with E-state index >= 15 is 0 Å². The second kappa shape index (κ2) is 14.4. The number of hydrogen-bond donors (Lipinski definition) is 0. The molecule has 0 radical (unpaired) electrons. The van der Waals surface area contributed by atoms with E-state index in [1.54, 1.807) is 0 Å². The number of para-hydroxylation sites is 2. The second-order valence-corrected chi connectivity index (χ2v) is 17.6. The van der Waals surface area contributed by atoms with E-state index in [-0.39, 0.29) is 0 Å². The van der Waals surface area contributed by atoms with E-state index in [0.717, 1.165) is 34.1 Å². The zero-order valence-electron chi connectivity index (χ0n) is 36.0. The first kappa shape index (κ1) is 36.7. The van der Waals surface area contributed by atoms with Gasteiger partial charge in [-0.05, 0) is 170 Å². The highest BCUT2D eigenvalue weighted by molar-refractivity contribution is 6.34. The van der Waals surface area contributed by atoms with Crippen molar-refractivity contribution in [3.63, 3.8) is 0 Å². The topological polar surface area (TPSA) is 6.48 Å². The van der Waals surface area contributed by atoms with Crippen LogP contribution in [-0.4, -0.2) is 0 Å². The van der Waals surface area contributed by atoms with Gasteiger partial charge in [0.15, 0.2) is 0 Å². The Morgan fingerprint density at radius 1 is 0.182 bits per heavy atom. The summed E-state index contributed by atoms with van der Waals surface area (Å²) in [5.41, 5.74) is 9.05. The summed E-state index contributed by atoms with van der Waals surface area (Å²) >= 11 is 0. The third kappa shape index (κ3) is 5.55. The molecule has 306 valence electrons. The third-order valence-corrected chi connectivity index (χ3v) is 14.0. The molecule has 0 aliphatic heterocycles. The number of benzene rings is 14. The quantitative estimate of drug-likeness (QED) is 0.117. The highest BCUT2D eigenvalue weighted by Crippen LogP contribution is 2.47. The minimum atomic E-state index is 1.11. The Kier molecular flexibility index (Phi) is 8.02. The lowest BCUT2D eigenvalue weighted by molar-refractivity contribution is 1.29. The molecule has 0 saturated carbocycles. The Hall–Kier alpha value is -8.72. The second-order valence-electron chi connectivity index (χ2n) is 17.6. The van der Waals surface area contributed by atoms with Crippen molar-refractivity contribution in [1.82, 2.24) is 0 Å². The van der Waals surface area contributed by atoms with Gasteiger partial charge in [0.05, 0.1) is 0 Å². The van der Waals surface area contributed by atoms with Crippen molar-refractivity contribution in [2.24, 2.45) is 0 Å². The molecule has 66 heavy (non-hydrogen) atoms. The SMILES string of the molecule is c1ccc(N(c2ccc(-c3ccc(N(c4ccccc4)c4cc5cccc6c7cccc8cccc(c(c4)c56)c87)cc3)cc2)c2cc3cccc4c5cccc6cccc(c(c2)c34)c65)cc1. The zero-order valence-corrected chi connectivity index (χ0v) is 36.0. The summed E-state index contributed by atoms with van der Waals surface area (Å²) in [5.74, 6) is 0. The summed E-state index contributed by atoms with van der Waals surface area (Å²) in [4.78, 5) is 4.79. The maximum absolute atomic E-state index is 2.40. The highest BCUT2D eigenvalue weighted by Gasteiger charge is 2.21. The lowest BCUT2D eigenvalue weighted by atomic mass is 9.89. The van der Waals surface area contributed by atoms with Gasteiger partial charge in [0.1, 0.15) is 0 Å². The third-order valence-electron chi connectivity index (χ3n) is 14.0. The predicted octanol–water partition coefficient (Wildman–Crippen LogP) is 18.4. The lowest BCUT2D eigenvalue weighted by Gasteiger charge is -2.27. The van der Waals surface area contributed by atoms with Crippen molar-refractivity contribution in [3.8, 4) is 11.1 Å². The van der Waals surface area contributed by atoms with Crippen LogP contribution in [0.25, 0.3) is 97.3 Å². The molecule has 0 heterocycles. The summed E-state index contributed by atoms with van der Waals surface area (Å²) in [6.45, 7) is 0. The Morgan fingerprint density at radius 2 is 0.470 bits per heavy atom. The van der Waals surface area contributed by atoms with Crippen LogP contribution >= 0.6 is 0 Å². The van der Waals surface area contributed by atoms with E-state index < -0.39 is 0 Å². The van der Waals surface area contributed by atoms with Gasteiger partial charge in [-0.25, -0.2) is 0 Å². The van der Waals surface area contributed by atoms with Gasteiger partial charge in [-0.1, -0.05) is 170 Å². The van der Waals surface area contributed by atoms with Crippen molar-refractivity contribution in [3.05, 3.63) is 243 Å². The van der Waals surface area contributed by atoms with Crippen LogP contribution in [0.15, 0.2) is 243 Å². The minimum absolute atomic E-state index is 1.11. The van der Waals surface area contributed by atoms with E-state index in [1.807, 2.05) is 0 Å². The summed E-state index contributed by atoms with van der Waals surface area (Å²) in [6.07, 6.45) is 0. The van der Waals surface area contributed by atoms with Crippen LogP contribution in [0.3, 0.4) is 0 Å². The van der Waals surface area contributed by atoms with E-state index in [1.165, 1.54) is 97.3 Å². The number of hydrogen-bond acceptors (Lipinski definition) is 2. The van der Waals surface area contributed by atoms with Crippen molar-refractivity contribution in [2.45, 2.75) is 0 Å². The maximum atomic E-state index is 2.40. The van der Waals surface area contributed by atoms with Crippen molar-refractivity contribution in [1.29, 1.82) is 0 Å². The molecule has 0 atom stereocenters. The molecule has 0 amide bonds. The molecule has 14 rings (SSSR count). The summed E-state index contributed by atoms with van der Waals surface area (Å²) in [6, 6.07) is 89.5. The summed E-state index contributed by atoms with van der Waals surface area (Å²) in [7, 11) is 0. The first-order chi connectivity index (χ1) is 32.7. The maximum Gasteiger partial charge on any atom is 0.0474 e. The van der Waals surface area contributed by atoms with Crippen molar-refractivity contribution >= 4 is 120 Å². The fourth-order valence-corrected chi connectivity index (χ4v) is 11.2. The largest absolute Gasteiger partial charge is 0.310 e. The molecule has 14 aromatic carbocycles. The zero-order chi connectivity index (χ0) is 43.3. The Bertz CT molecular complexity index is 3860. The van der Waals surface area contributed by atoms with Crippen molar-refractivity contribution < 1.29 is 0 Å². The van der Waals surface area contributed by atoms with E-state index in [2.05, 4.69) is 252 Å². The standard InChI is InChI=1S/C64H40N2/c1-3-19-47(20-4-1)65(51-37-45-17-11-25-55-53-23-7-13-43-15-9-27-57(61(43)53)59(39-51)63(45)55)49-33-29-41(30-34-49)42-31-35-50(36-32-42)66(48-21-5-2-6-22-48)52-38-46-18-12-26-56-54-24-8-14-44-16-10-28-58(62(44)54)60(40-52)64(46)56/h1-40H. The van der Waals surface area contributed by atoms with Gasteiger partial charge in [0.2, 0.25) is 0 Å². The molecule has 0 aromatic heterocycles. The minimum Gasteiger partial charge on any atom is -0.310 e. The van der Waals surface area contributed by atoms with E-state index in [0.29, 0.717) is 0 Å². The van der Waals surface area contributed by atoms with Crippen LogP contribution in [0, 0.1) is 0 Å². The molecule has 0 spiro atoms. The van der Waals surface area contributed by atoms with E-state index in [9.17, 15) is 0 Å². The fourth-order valence-electron chi connectivity index (χ4n) is 11.2. The Morgan fingerprint density at radius 3 is 0.818 bits per heavy atom. The van der Waals surface area contributed by atoms with Gasteiger partial charge in [-0.3, -0.25) is 0 Å². The Labute approximate surface area is 382 Å². The first-order valence-corrected chi connectivity index (χ1v) is 22.8. The summed E-state index contributed by atoms with van der Waals surface area (Å²) in [5, 5.41) is 20.7. The van der Waals surface area contributed by atoms with Crippen LogP contribution in [0.1, 0.15) is 0 Å². The Balaban J connectivity index is 0.866. The number of rotatable bonds is 7. The molecule has 0 unspecified atom stereocenters. The van der Waals surface area contributed by atoms with E-state index in [4.69, 9.17) is 0 Å². The summed E-state index contributed by atoms with van der Waals surface area (Å²) < 4.78 is 0. The van der Waals surface area contributed by atoms with Crippen LogP contribution in [0.2, 0.25) is 0 Å². The fraction of sp³-hybridized carbons (Fsp3) is 0. The van der Waals surface area contributed by atoms with Crippen molar-refractivity contribution in [2.75, 3.05) is 9.80 Å². The molecule has 0 bridgehead atoms. The molecular weight excluding hydrogens is 797 g/mol. The number of nitrogens with zero attached hydrogens (tertiary/aromatic N) is 2. The molecule has 0 aliphatic carbocycles. The van der Waals surface area contributed by atoms with Crippen LogP contribution in [0.5, 0.6) is 0 Å². The van der Waals surface area contributed by atoms with Crippen LogP contribution < -0.4 is 9.80 Å². The normalized spacial score (nSPS) is 11.9. The number of fused-ring (bicyclic) bond motifs is 4. The van der Waals surface area contributed by atoms with Gasteiger partial charge in [0.25, 0.3) is 0 Å². The van der Waals surface area contributed by atoms with Gasteiger partial charge < -0.3 is 9.80 Å². The first-order valence-electron chi connectivity index (χ1n) is 22.8. The molecule has 0 fully saturated rings. The van der Waals surface area contributed by atoms with Gasteiger partial charge >= 0.3 is 0 Å². The lowest BCUT2D eigenvalue weighted by Crippen LogP contribution is -2.10. The molecule has 2 heteroatoms. The van der Waals surface area contributed by atoms with Gasteiger partial charge in [0, 0.05) is 34.1 Å².